The summed E-state index contributed by atoms with van der Waals surface area (Å²) in [6, 6.07) is 9.10. The zero-order valence-electron chi connectivity index (χ0n) is 13.2. The van der Waals surface area contributed by atoms with Crippen LogP contribution < -0.4 is 5.73 Å². The quantitative estimate of drug-likeness (QED) is 0.390. The number of amidine groups is 1. The van der Waals surface area contributed by atoms with Crippen molar-refractivity contribution in [1.82, 2.24) is 4.90 Å². The number of rotatable bonds is 4. The second-order valence-corrected chi connectivity index (χ2v) is 5.96. The molecule has 2 N–H and O–H groups in total. The number of carbonyl (C=O) groups is 2. The number of amides is 1. The Kier molecular flexibility index (Phi) is 5.04. The van der Waals surface area contributed by atoms with E-state index in [9.17, 15) is 9.59 Å². The molecule has 1 aromatic carbocycles. The van der Waals surface area contributed by atoms with Crippen LogP contribution in [-0.2, 0) is 9.63 Å². The zero-order chi connectivity index (χ0) is 17.8. The molecule has 0 bridgehead atoms. The monoisotopic (exact) mass is 361 g/mol. The lowest BCUT2D eigenvalue weighted by Crippen LogP contribution is -2.41. The van der Waals surface area contributed by atoms with Gasteiger partial charge in [0.25, 0.3) is 5.91 Å². The van der Waals surface area contributed by atoms with Crippen molar-refractivity contribution >= 4 is 29.3 Å². The average molecular weight is 362 g/mol. The Hall–Kier alpha value is -2.80. The van der Waals surface area contributed by atoms with E-state index in [-0.39, 0.29) is 17.5 Å². The topological polar surface area (TPSA) is 98.1 Å². The van der Waals surface area contributed by atoms with Gasteiger partial charge in [-0.3, -0.25) is 4.79 Å². The van der Waals surface area contributed by atoms with Gasteiger partial charge in [0.2, 0.25) is 0 Å². The lowest BCUT2D eigenvalue weighted by molar-refractivity contribution is -0.148. The van der Waals surface area contributed by atoms with Gasteiger partial charge in [-0.2, -0.15) is 0 Å². The molecule has 0 saturated carbocycles. The first-order valence-corrected chi connectivity index (χ1v) is 8.09. The van der Waals surface area contributed by atoms with Gasteiger partial charge in [0.15, 0.2) is 11.6 Å². The number of halogens is 1. The fourth-order valence-corrected chi connectivity index (χ4v) is 2.75. The van der Waals surface area contributed by atoms with Crippen molar-refractivity contribution in [2.24, 2.45) is 10.9 Å². The molecule has 1 amide bonds. The van der Waals surface area contributed by atoms with E-state index in [4.69, 9.17) is 26.6 Å². The summed E-state index contributed by atoms with van der Waals surface area (Å²) in [5.74, 6) is -0.746. The molecule has 0 spiro atoms. The van der Waals surface area contributed by atoms with Gasteiger partial charge >= 0.3 is 5.97 Å². The molecular formula is C17H16ClN3O4. The molecule has 1 fully saturated rings. The van der Waals surface area contributed by atoms with Gasteiger partial charge in [0.1, 0.15) is 6.04 Å². The van der Waals surface area contributed by atoms with E-state index >= 15 is 0 Å². The van der Waals surface area contributed by atoms with E-state index in [2.05, 4.69) is 5.16 Å². The van der Waals surface area contributed by atoms with E-state index < -0.39 is 12.0 Å². The summed E-state index contributed by atoms with van der Waals surface area (Å²) < 4.78 is 5.10. The highest BCUT2D eigenvalue weighted by atomic mass is 35.5. The number of likely N-dealkylation sites (tertiary alicyclic amines) is 1. The van der Waals surface area contributed by atoms with Crippen LogP contribution in [0.1, 0.15) is 29.0 Å². The van der Waals surface area contributed by atoms with Crippen LogP contribution in [0.5, 0.6) is 0 Å². The van der Waals surface area contributed by atoms with Crippen LogP contribution in [-0.4, -0.2) is 35.2 Å². The van der Waals surface area contributed by atoms with Gasteiger partial charge in [0.05, 0.1) is 6.26 Å². The number of benzene rings is 1. The lowest BCUT2D eigenvalue weighted by atomic mass is 10.2. The van der Waals surface area contributed by atoms with Crippen molar-refractivity contribution in [3.05, 3.63) is 59.0 Å². The minimum Gasteiger partial charge on any atom is -0.459 e. The van der Waals surface area contributed by atoms with Crippen LogP contribution >= 0.6 is 11.6 Å². The molecule has 1 saturated heterocycles. The highest BCUT2D eigenvalue weighted by molar-refractivity contribution is 6.30. The Morgan fingerprint density at radius 3 is 2.72 bits per heavy atom. The van der Waals surface area contributed by atoms with Gasteiger partial charge in [-0.15, -0.1) is 0 Å². The standard InChI is InChI=1S/C17H16ClN3O4/c18-12-7-5-11(6-8-12)15(19)20-25-17(23)13-3-1-9-21(13)16(22)14-4-2-10-24-14/h2,4-8,10,13H,1,3,9H2,(H2,19,20). The van der Waals surface area contributed by atoms with E-state index in [1.807, 2.05) is 0 Å². The molecule has 25 heavy (non-hydrogen) atoms. The van der Waals surface area contributed by atoms with Crippen LogP contribution in [0.3, 0.4) is 0 Å². The first-order valence-electron chi connectivity index (χ1n) is 7.71. The molecule has 2 aromatic rings. The lowest BCUT2D eigenvalue weighted by Gasteiger charge is -2.20. The maximum absolute atomic E-state index is 12.4. The molecule has 8 heteroatoms. The third-order valence-corrected chi connectivity index (χ3v) is 4.14. The largest absolute Gasteiger partial charge is 0.459 e. The third kappa shape index (κ3) is 3.83. The molecule has 2 heterocycles. The van der Waals surface area contributed by atoms with E-state index in [1.165, 1.54) is 11.2 Å². The molecule has 3 rings (SSSR count). The van der Waals surface area contributed by atoms with Gasteiger partial charge in [-0.1, -0.05) is 16.8 Å². The molecule has 0 aliphatic carbocycles. The molecule has 130 valence electrons. The highest BCUT2D eigenvalue weighted by Gasteiger charge is 2.37. The van der Waals surface area contributed by atoms with Crippen molar-refractivity contribution in [1.29, 1.82) is 0 Å². The van der Waals surface area contributed by atoms with Gasteiger partial charge in [-0.05, 0) is 49.2 Å². The minimum atomic E-state index is -0.709. The Morgan fingerprint density at radius 2 is 2.04 bits per heavy atom. The third-order valence-electron chi connectivity index (χ3n) is 3.89. The van der Waals surface area contributed by atoms with Gasteiger partial charge in [0, 0.05) is 17.1 Å². The smallest absolute Gasteiger partial charge is 0.357 e. The van der Waals surface area contributed by atoms with Crippen LogP contribution in [0.4, 0.5) is 0 Å². The molecule has 1 aliphatic heterocycles. The number of nitrogens with two attached hydrogens (primary N) is 1. The van der Waals surface area contributed by atoms with Gasteiger partial charge < -0.3 is 19.9 Å². The van der Waals surface area contributed by atoms with E-state index in [0.717, 1.165) is 0 Å². The Bertz CT molecular complexity index is 787. The Morgan fingerprint density at radius 1 is 1.28 bits per heavy atom. The molecule has 7 nitrogen and oxygen atoms in total. The van der Waals surface area contributed by atoms with Crippen LogP contribution in [0, 0.1) is 0 Å². The van der Waals surface area contributed by atoms with Crippen molar-refractivity contribution in [3.8, 4) is 0 Å². The van der Waals surface area contributed by atoms with Crippen molar-refractivity contribution in [2.75, 3.05) is 6.54 Å². The average Bonchev–Trinajstić information content (AvgIpc) is 3.30. The number of hydrogen-bond acceptors (Lipinski definition) is 5. The first kappa shape index (κ1) is 17.0. The second kappa shape index (κ2) is 7.40. The van der Waals surface area contributed by atoms with Crippen molar-refractivity contribution in [2.45, 2.75) is 18.9 Å². The maximum Gasteiger partial charge on any atom is 0.357 e. The van der Waals surface area contributed by atoms with Crippen LogP contribution in [0.25, 0.3) is 0 Å². The summed E-state index contributed by atoms with van der Waals surface area (Å²) in [7, 11) is 0. The van der Waals surface area contributed by atoms with Crippen molar-refractivity contribution in [3.63, 3.8) is 0 Å². The Labute approximate surface area is 149 Å². The maximum atomic E-state index is 12.4. The van der Waals surface area contributed by atoms with Crippen molar-refractivity contribution < 1.29 is 18.8 Å². The van der Waals surface area contributed by atoms with Gasteiger partial charge in [-0.25, -0.2) is 4.79 Å². The zero-order valence-corrected chi connectivity index (χ0v) is 14.0. The summed E-state index contributed by atoms with van der Waals surface area (Å²) in [5, 5.41) is 4.23. The highest BCUT2D eigenvalue weighted by Crippen LogP contribution is 2.21. The molecule has 1 atom stereocenters. The molecular weight excluding hydrogens is 346 g/mol. The summed E-state index contributed by atoms with van der Waals surface area (Å²) in [4.78, 5) is 31.0. The molecule has 1 aromatic heterocycles. The normalized spacial score (nSPS) is 17.6. The predicted octanol–water partition coefficient (Wildman–Crippen LogP) is 2.40. The summed E-state index contributed by atoms with van der Waals surface area (Å²) in [6.45, 7) is 0.454. The minimum absolute atomic E-state index is 0.0481. The second-order valence-electron chi connectivity index (χ2n) is 5.53. The van der Waals surface area contributed by atoms with Crippen LogP contribution in [0.2, 0.25) is 5.02 Å². The summed E-state index contributed by atoms with van der Waals surface area (Å²) in [5.41, 5.74) is 6.37. The summed E-state index contributed by atoms with van der Waals surface area (Å²) in [6.07, 6.45) is 2.61. The fourth-order valence-electron chi connectivity index (χ4n) is 2.62. The number of carbonyl (C=O) groups excluding carboxylic acids is 2. The molecule has 1 aliphatic rings. The predicted molar refractivity (Wildman–Crippen MR) is 91.0 cm³/mol. The SMILES string of the molecule is NC(=NOC(=O)C1CCCN1C(=O)c1ccco1)c1ccc(Cl)cc1. The number of nitrogens with zero attached hydrogens (tertiary/aromatic N) is 2. The Balaban J connectivity index is 1.66. The molecule has 0 radical (unpaired) electrons. The molecule has 1 unspecified atom stereocenters. The number of hydrogen-bond donors (Lipinski definition) is 1. The number of oxime groups is 1. The van der Waals surface area contributed by atoms with E-state index in [0.29, 0.717) is 30.0 Å². The van der Waals surface area contributed by atoms with E-state index in [1.54, 1.807) is 36.4 Å². The summed E-state index contributed by atoms with van der Waals surface area (Å²) >= 11 is 5.81. The first-order chi connectivity index (χ1) is 12.1. The number of furan rings is 1. The van der Waals surface area contributed by atoms with Crippen LogP contribution in [0.15, 0.2) is 52.2 Å². The fraction of sp³-hybridized carbons (Fsp3) is 0.235.